The van der Waals surface area contributed by atoms with E-state index in [0.717, 1.165) is 25.9 Å². The van der Waals surface area contributed by atoms with Crippen LogP contribution in [0.3, 0.4) is 0 Å². The van der Waals surface area contributed by atoms with E-state index in [1.54, 1.807) is 31.3 Å². The molecule has 0 aliphatic carbocycles. The summed E-state index contributed by atoms with van der Waals surface area (Å²) in [6.45, 7) is 1.55. The first-order valence-corrected chi connectivity index (χ1v) is 7.55. The van der Waals surface area contributed by atoms with Crippen LogP contribution in [0.5, 0.6) is 0 Å². The topological polar surface area (TPSA) is 61.4 Å². The number of fused-ring (bicyclic) bond motifs is 2. The van der Waals surface area contributed by atoms with Gasteiger partial charge in [0, 0.05) is 43.3 Å². The van der Waals surface area contributed by atoms with E-state index in [-0.39, 0.29) is 24.2 Å². The second kappa shape index (κ2) is 7.11. The van der Waals surface area contributed by atoms with Gasteiger partial charge in [0.25, 0.3) is 11.8 Å². The number of carbonyl (C=O) groups is 2. The molecule has 2 aliphatic heterocycles. The van der Waals surface area contributed by atoms with E-state index in [9.17, 15) is 9.59 Å². The number of rotatable bonds is 2. The third-order valence-electron chi connectivity index (χ3n) is 4.41. The van der Waals surface area contributed by atoms with Crippen LogP contribution >= 0.6 is 12.4 Å². The molecule has 0 aromatic heterocycles. The summed E-state index contributed by atoms with van der Waals surface area (Å²) < 4.78 is 0. The molecule has 1 aromatic rings. The number of nitrogens with zero attached hydrogens (tertiary/aromatic N) is 1. The van der Waals surface area contributed by atoms with Crippen LogP contribution in [0.25, 0.3) is 0 Å². The van der Waals surface area contributed by atoms with Crippen molar-refractivity contribution in [2.24, 2.45) is 0 Å². The first kappa shape index (κ1) is 16.8. The Labute approximate surface area is 136 Å². The monoisotopic (exact) mass is 323 g/mol. The van der Waals surface area contributed by atoms with Crippen LogP contribution in [0.2, 0.25) is 0 Å². The van der Waals surface area contributed by atoms with Gasteiger partial charge in [-0.15, -0.1) is 12.4 Å². The van der Waals surface area contributed by atoms with E-state index in [1.807, 2.05) is 4.90 Å². The van der Waals surface area contributed by atoms with Crippen LogP contribution in [-0.2, 0) is 0 Å². The number of likely N-dealkylation sites (tertiary alicyclic amines) is 1. The Kier molecular flexibility index (Phi) is 5.42. The van der Waals surface area contributed by atoms with E-state index < -0.39 is 0 Å². The average molecular weight is 324 g/mol. The minimum atomic E-state index is -0.166. The van der Waals surface area contributed by atoms with Gasteiger partial charge in [-0.05, 0) is 37.5 Å². The highest BCUT2D eigenvalue weighted by Gasteiger charge is 2.31. The molecule has 5 nitrogen and oxygen atoms in total. The van der Waals surface area contributed by atoms with Crippen molar-refractivity contribution in [3.05, 3.63) is 35.4 Å². The average Bonchev–Trinajstić information content (AvgIpc) is 2.85. The quantitative estimate of drug-likeness (QED) is 0.865. The highest BCUT2D eigenvalue weighted by molar-refractivity contribution is 5.99. The van der Waals surface area contributed by atoms with Crippen molar-refractivity contribution in [1.82, 2.24) is 15.5 Å². The lowest BCUT2D eigenvalue weighted by molar-refractivity contribution is 0.0748. The fourth-order valence-corrected chi connectivity index (χ4v) is 3.25. The Bertz CT molecular complexity index is 564. The van der Waals surface area contributed by atoms with Gasteiger partial charge in [-0.3, -0.25) is 9.59 Å². The fourth-order valence-electron chi connectivity index (χ4n) is 3.25. The van der Waals surface area contributed by atoms with Gasteiger partial charge in [-0.2, -0.15) is 0 Å². The molecule has 0 radical (unpaired) electrons. The van der Waals surface area contributed by atoms with Crippen molar-refractivity contribution >= 4 is 24.2 Å². The Morgan fingerprint density at radius 1 is 1.18 bits per heavy atom. The van der Waals surface area contributed by atoms with Crippen molar-refractivity contribution in [1.29, 1.82) is 0 Å². The lowest BCUT2D eigenvalue weighted by Gasteiger charge is -2.24. The number of benzene rings is 1. The molecule has 2 fully saturated rings. The molecule has 0 saturated carbocycles. The summed E-state index contributed by atoms with van der Waals surface area (Å²) >= 11 is 0. The van der Waals surface area contributed by atoms with Crippen molar-refractivity contribution in [2.75, 3.05) is 20.1 Å². The third kappa shape index (κ3) is 3.42. The summed E-state index contributed by atoms with van der Waals surface area (Å²) in [4.78, 5) is 26.3. The lowest BCUT2D eigenvalue weighted by atomic mass is 10.1. The molecule has 2 aliphatic rings. The Balaban J connectivity index is 0.00000176. The number of hydrogen-bond acceptors (Lipinski definition) is 3. The second-order valence-corrected chi connectivity index (χ2v) is 5.84. The van der Waals surface area contributed by atoms with E-state index in [4.69, 9.17) is 0 Å². The molecule has 0 spiro atoms. The molecule has 22 heavy (non-hydrogen) atoms. The summed E-state index contributed by atoms with van der Waals surface area (Å²) in [5, 5.41) is 6.15. The summed E-state index contributed by atoms with van der Waals surface area (Å²) in [7, 11) is 1.59. The summed E-state index contributed by atoms with van der Waals surface area (Å²) in [6, 6.07) is 7.93. The van der Waals surface area contributed by atoms with Crippen molar-refractivity contribution in [2.45, 2.75) is 31.3 Å². The van der Waals surface area contributed by atoms with E-state index >= 15 is 0 Å². The molecule has 120 valence electrons. The molecule has 2 heterocycles. The van der Waals surface area contributed by atoms with Crippen LogP contribution in [0.1, 0.15) is 40.0 Å². The summed E-state index contributed by atoms with van der Waals surface area (Å²) in [5.41, 5.74) is 1.12. The van der Waals surface area contributed by atoms with Crippen LogP contribution in [0.4, 0.5) is 0 Å². The van der Waals surface area contributed by atoms with E-state index in [1.165, 1.54) is 6.42 Å². The van der Waals surface area contributed by atoms with Gasteiger partial charge in [-0.25, -0.2) is 0 Å². The first-order valence-electron chi connectivity index (χ1n) is 7.55. The second-order valence-electron chi connectivity index (χ2n) is 5.84. The van der Waals surface area contributed by atoms with Gasteiger partial charge in [0.1, 0.15) is 0 Å². The van der Waals surface area contributed by atoms with Gasteiger partial charge < -0.3 is 15.5 Å². The predicted octanol–water partition coefficient (Wildman–Crippen LogP) is 1.43. The molecule has 3 rings (SSSR count). The fraction of sp³-hybridized carbons (Fsp3) is 0.500. The smallest absolute Gasteiger partial charge is 0.253 e. The van der Waals surface area contributed by atoms with Gasteiger partial charge in [-0.1, -0.05) is 6.07 Å². The number of amides is 2. The minimum Gasteiger partial charge on any atom is -0.355 e. The first-order chi connectivity index (χ1) is 10.2. The molecule has 2 saturated heterocycles. The van der Waals surface area contributed by atoms with Gasteiger partial charge in [0.2, 0.25) is 0 Å². The van der Waals surface area contributed by atoms with E-state index in [0.29, 0.717) is 23.2 Å². The Morgan fingerprint density at radius 3 is 2.68 bits per heavy atom. The lowest BCUT2D eigenvalue weighted by Crippen LogP contribution is -2.39. The largest absolute Gasteiger partial charge is 0.355 e. The Hall–Kier alpha value is -1.59. The van der Waals surface area contributed by atoms with Crippen molar-refractivity contribution < 1.29 is 9.59 Å². The normalized spacial score (nSPS) is 23.4. The van der Waals surface area contributed by atoms with Crippen LogP contribution in [0.15, 0.2) is 24.3 Å². The SMILES string of the molecule is CNC(=O)c1cccc(C(=O)N2CCC3CCC(C2)N3)c1.Cl. The summed E-state index contributed by atoms with van der Waals surface area (Å²) in [5.74, 6) is -0.142. The van der Waals surface area contributed by atoms with Crippen molar-refractivity contribution in [3.8, 4) is 0 Å². The zero-order valence-electron chi connectivity index (χ0n) is 12.7. The molecule has 1 aromatic carbocycles. The number of nitrogens with one attached hydrogen (secondary N) is 2. The molecule has 2 atom stereocenters. The van der Waals surface area contributed by atoms with Crippen molar-refractivity contribution in [3.63, 3.8) is 0 Å². The van der Waals surface area contributed by atoms with Gasteiger partial charge >= 0.3 is 0 Å². The highest BCUT2D eigenvalue weighted by Crippen LogP contribution is 2.21. The zero-order valence-corrected chi connectivity index (χ0v) is 13.5. The standard InChI is InChI=1S/C16H21N3O2.ClH/c1-17-15(20)11-3-2-4-12(9-11)16(21)19-8-7-13-5-6-14(10-19)18-13;/h2-4,9,13-14,18H,5-8,10H2,1H3,(H,17,20);1H. The molecule has 6 heteroatoms. The predicted molar refractivity (Wildman–Crippen MR) is 87.5 cm³/mol. The minimum absolute atomic E-state index is 0. The molecule has 2 N–H and O–H groups in total. The zero-order chi connectivity index (χ0) is 14.8. The molecular formula is C16H22ClN3O2. The molecule has 2 amide bonds. The number of hydrogen-bond donors (Lipinski definition) is 2. The van der Waals surface area contributed by atoms with Crippen LogP contribution in [-0.4, -0.2) is 48.9 Å². The molecular weight excluding hydrogens is 302 g/mol. The highest BCUT2D eigenvalue weighted by atomic mass is 35.5. The maximum Gasteiger partial charge on any atom is 0.253 e. The maximum absolute atomic E-state index is 12.7. The molecule has 2 unspecified atom stereocenters. The Morgan fingerprint density at radius 2 is 1.91 bits per heavy atom. The van der Waals surface area contributed by atoms with Gasteiger partial charge in [0.05, 0.1) is 0 Å². The maximum atomic E-state index is 12.7. The van der Waals surface area contributed by atoms with Crippen LogP contribution < -0.4 is 10.6 Å². The molecule has 2 bridgehead atoms. The third-order valence-corrected chi connectivity index (χ3v) is 4.41. The van der Waals surface area contributed by atoms with E-state index in [2.05, 4.69) is 10.6 Å². The summed E-state index contributed by atoms with van der Waals surface area (Å²) in [6.07, 6.45) is 3.38. The van der Waals surface area contributed by atoms with Gasteiger partial charge in [0.15, 0.2) is 0 Å². The van der Waals surface area contributed by atoms with Crippen LogP contribution in [0, 0.1) is 0 Å². The number of halogens is 1. The number of carbonyl (C=O) groups excluding carboxylic acids is 2.